The molecular weight excluding hydrogens is 698 g/mol. The second kappa shape index (κ2) is 17.2. The minimum Gasteiger partial charge on any atom is -0.493 e. The molecule has 0 aliphatic carbocycles. The molecule has 0 spiro atoms. The molecule has 0 aliphatic heterocycles. The predicted octanol–water partition coefficient (Wildman–Crippen LogP) is 7.42. The Labute approximate surface area is 315 Å². The molecule has 0 heterocycles. The van der Waals surface area contributed by atoms with Gasteiger partial charge in [-0.05, 0) is 72.8 Å². The highest BCUT2D eigenvalue weighted by Gasteiger charge is 2.55. The summed E-state index contributed by atoms with van der Waals surface area (Å²) in [5.74, 6) is 4.99. The first-order valence-corrected chi connectivity index (χ1v) is 21.6. The normalized spacial score (nSPS) is 11.4. The number of benzene rings is 6. The summed E-state index contributed by atoms with van der Waals surface area (Å²) in [5, 5.41) is 6.79. The van der Waals surface area contributed by atoms with Crippen molar-refractivity contribution in [3.63, 3.8) is 0 Å². The zero-order chi connectivity index (χ0) is 37.3. The van der Waals surface area contributed by atoms with Gasteiger partial charge in [0, 0.05) is 6.42 Å². The Bertz CT molecular complexity index is 1750. The molecule has 0 saturated carbocycles. The van der Waals surface area contributed by atoms with Crippen molar-refractivity contribution in [2.75, 3.05) is 55.0 Å². The second-order valence-electron chi connectivity index (χ2n) is 12.5. The molecule has 6 aromatic carbocycles. The number of ether oxygens (including phenoxy) is 6. The lowest BCUT2D eigenvalue weighted by atomic mass is 10.3. The van der Waals surface area contributed by atoms with Gasteiger partial charge in [0.1, 0.15) is 46.4 Å². The van der Waals surface area contributed by atoms with Crippen molar-refractivity contribution >= 4 is 46.4 Å². The summed E-state index contributed by atoms with van der Waals surface area (Å²) in [6.45, 7) is 0. The maximum atomic E-state index is 6.19. The van der Waals surface area contributed by atoms with Crippen molar-refractivity contribution in [1.29, 1.82) is 0 Å². The highest BCUT2D eigenvalue weighted by atomic mass is 31.2. The number of hydrogen-bond donors (Lipinski definition) is 0. The van der Waals surface area contributed by atoms with E-state index in [1.54, 1.807) is 42.7 Å². The molecule has 0 aromatic heterocycles. The Morgan fingerprint density at radius 3 is 0.623 bits per heavy atom. The molecule has 6 nitrogen and oxygen atoms in total. The molecule has 272 valence electrons. The third kappa shape index (κ3) is 6.95. The Morgan fingerprint density at radius 1 is 0.283 bits per heavy atom. The molecule has 0 saturated heterocycles. The van der Waals surface area contributed by atoms with Crippen LogP contribution in [0.4, 0.5) is 0 Å². The quantitative estimate of drug-likeness (QED) is 0.0963. The number of rotatable bonds is 16. The summed E-state index contributed by atoms with van der Waals surface area (Å²) in [5.41, 5.74) is 0. The Balaban J connectivity index is 1.68. The van der Waals surface area contributed by atoms with E-state index < -0.39 is 14.5 Å². The van der Waals surface area contributed by atoms with Crippen LogP contribution in [0.2, 0.25) is 0 Å². The van der Waals surface area contributed by atoms with Gasteiger partial charge < -0.3 is 28.4 Å². The summed E-state index contributed by atoms with van der Waals surface area (Å²) in [6, 6.07) is 50.5. The van der Waals surface area contributed by atoms with Crippen molar-refractivity contribution in [2.24, 2.45) is 0 Å². The first kappa shape index (κ1) is 37.7. The third-order valence-electron chi connectivity index (χ3n) is 9.97. The topological polar surface area (TPSA) is 55.4 Å². The molecule has 6 rings (SSSR count). The van der Waals surface area contributed by atoms with E-state index in [1.807, 2.05) is 36.4 Å². The highest BCUT2D eigenvalue weighted by molar-refractivity contribution is 7.97. The van der Waals surface area contributed by atoms with Crippen molar-refractivity contribution in [2.45, 2.75) is 6.42 Å². The molecule has 8 heteroatoms. The van der Waals surface area contributed by atoms with Crippen molar-refractivity contribution in [3.05, 3.63) is 146 Å². The fourth-order valence-electron chi connectivity index (χ4n) is 7.72. The van der Waals surface area contributed by atoms with E-state index in [9.17, 15) is 0 Å². The van der Waals surface area contributed by atoms with Crippen LogP contribution in [-0.4, -0.2) is 55.0 Å². The van der Waals surface area contributed by atoms with E-state index in [0.717, 1.165) is 85.1 Å². The molecule has 0 aliphatic rings. The SMILES string of the molecule is COc1ccccc1[P+](CCC[P+](c1ccccc1OC)(c1ccccc1OC)c1ccccc1OC)(c1ccccc1OC)c1ccccc1OC. The fourth-order valence-corrected chi connectivity index (χ4v) is 17.5. The standard InChI is InChI=1S/C45H48O6P2/c1-46-34-20-7-13-26-40(34)52(41-27-14-8-21-35(41)47-2,42-28-15-9-22-36(42)48-3)32-19-33-53(43-29-16-10-23-37(43)49-4,44-30-17-11-24-38(44)50-5)45-31-18-12-25-39(45)51-6/h7-18,20-31H,19,32-33H2,1-6H3/q+2. The second-order valence-corrected chi connectivity index (χ2v) is 19.5. The first-order valence-electron chi connectivity index (χ1n) is 17.6. The monoisotopic (exact) mass is 746 g/mol. The van der Waals surface area contributed by atoms with Crippen LogP contribution in [0.1, 0.15) is 6.42 Å². The first-order chi connectivity index (χ1) is 26.0. The molecule has 0 amide bonds. The van der Waals surface area contributed by atoms with Gasteiger partial charge in [0.25, 0.3) is 0 Å². The van der Waals surface area contributed by atoms with Gasteiger partial charge in [-0.1, -0.05) is 72.8 Å². The van der Waals surface area contributed by atoms with Crippen LogP contribution in [0.25, 0.3) is 0 Å². The largest absolute Gasteiger partial charge is 0.493 e. The molecule has 0 N–H and O–H groups in total. The number of para-hydroxylation sites is 6. The average molecular weight is 747 g/mol. The Morgan fingerprint density at radius 2 is 0.453 bits per heavy atom. The lowest BCUT2D eigenvalue weighted by Gasteiger charge is -2.33. The van der Waals surface area contributed by atoms with Gasteiger partial charge in [0.2, 0.25) is 0 Å². The van der Waals surface area contributed by atoms with Crippen LogP contribution in [-0.2, 0) is 0 Å². The van der Waals surface area contributed by atoms with E-state index >= 15 is 0 Å². The van der Waals surface area contributed by atoms with Crippen molar-refractivity contribution in [1.82, 2.24) is 0 Å². The molecule has 6 aromatic rings. The minimum absolute atomic E-state index is 0.787. The van der Waals surface area contributed by atoms with Crippen LogP contribution >= 0.6 is 14.5 Å². The maximum absolute atomic E-state index is 6.19. The van der Waals surface area contributed by atoms with Gasteiger partial charge in [-0.15, -0.1) is 0 Å². The molecule has 0 fully saturated rings. The summed E-state index contributed by atoms with van der Waals surface area (Å²) in [7, 11) is 5.33. The summed E-state index contributed by atoms with van der Waals surface area (Å²) >= 11 is 0. The van der Waals surface area contributed by atoms with E-state index in [2.05, 4.69) is 109 Å². The molecule has 0 radical (unpaired) electrons. The molecular formula is C45H48O6P2+2. The zero-order valence-electron chi connectivity index (χ0n) is 31.3. The van der Waals surface area contributed by atoms with Gasteiger partial charge in [0.05, 0.1) is 55.0 Å². The smallest absolute Gasteiger partial charge is 0.161 e. The van der Waals surface area contributed by atoms with E-state index in [4.69, 9.17) is 28.4 Å². The summed E-state index contributed by atoms with van der Waals surface area (Å²) in [6.07, 6.45) is 2.38. The van der Waals surface area contributed by atoms with Gasteiger partial charge >= 0.3 is 0 Å². The van der Waals surface area contributed by atoms with Crippen LogP contribution in [0.15, 0.2) is 146 Å². The molecule has 0 unspecified atom stereocenters. The van der Waals surface area contributed by atoms with Crippen LogP contribution in [0, 0.1) is 0 Å². The average Bonchev–Trinajstić information content (AvgIpc) is 3.24. The zero-order valence-corrected chi connectivity index (χ0v) is 33.1. The lowest BCUT2D eigenvalue weighted by Crippen LogP contribution is -2.38. The molecule has 53 heavy (non-hydrogen) atoms. The molecule has 0 bridgehead atoms. The van der Waals surface area contributed by atoms with E-state index in [1.165, 1.54) is 0 Å². The van der Waals surface area contributed by atoms with Crippen LogP contribution in [0.3, 0.4) is 0 Å². The summed E-state index contributed by atoms with van der Waals surface area (Å²) < 4.78 is 37.1. The van der Waals surface area contributed by atoms with E-state index in [-0.39, 0.29) is 0 Å². The maximum Gasteiger partial charge on any atom is 0.161 e. The van der Waals surface area contributed by atoms with Crippen LogP contribution in [0.5, 0.6) is 34.5 Å². The van der Waals surface area contributed by atoms with Gasteiger partial charge in [-0.25, -0.2) is 0 Å². The fraction of sp³-hybridized carbons (Fsp3) is 0.200. The highest BCUT2D eigenvalue weighted by Crippen LogP contribution is 2.65. The van der Waals surface area contributed by atoms with Gasteiger partial charge in [-0.3, -0.25) is 0 Å². The van der Waals surface area contributed by atoms with Crippen molar-refractivity contribution < 1.29 is 28.4 Å². The summed E-state index contributed by atoms with van der Waals surface area (Å²) in [4.78, 5) is 0. The predicted molar refractivity (Wildman–Crippen MR) is 224 cm³/mol. The van der Waals surface area contributed by atoms with Crippen LogP contribution < -0.4 is 60.2 Å². The number of methoxy groups -OCH3 is 6. The number of hydrogen-bond acceptors (Lipinski definition) is 6. The van der Waals surface area contributed by atoms with Crippen molar-refractivity contribution in [3.8, 4) is 34.5 Å². The minimum atomic E-state index is -2.58. The Hall–Kier alpha value is -5.02. The Kier molecular flexibility index (Phi) is 12.2. The lowest BCUT2D eigenvalue weighted by molar-refractivity contribution is 0.416. The van der Waals surface area contributed by atoms with Gasteiger partial charge in [0.15, 0.2) is 34.5 Å². The molecule has 0 atom stereocenters. The van der Waals surface area contributed by atoms with Gasteiger partial charge in [-0.2, -0.15) is 0 Å². The third-order valence-corrected chi connectivity index (χ3v) is 19.1. The van der Waals surface area contributed by atoms with E-state index in [0.29, 0.717) is 0 Å².